The Morgan fingerprint density at radius 3 is 2.45 bits per heavy atom. The number of likely N-dealkylation sites (tertiary alicyclic amines) is 1. The molecule has 1 aliphatic heterocycles. The predicted octanol–water partition coefficient (Wildman–Crippen LogP) is 4.53. The van der Waals surface area contributed by atoms with Gasteiger partial charge in [-0.05, 0) is 32.4 Å². The van der Waals surface area contributed by atoms with Crippen LogP contribution >= 0.6 is 0 Å². The van der Waals surface area contributed by atoms with Gasteiger partial charge in [-0.3, -0.25) is 0 Å². The lowest BCUT2D eigenvalue weighted by Crippen LogP contribution is -2.60. The molecule has 2 radical (unpaired) electrons. The minimum absolute atomic E-state index is 0.140. The molecular weight excluding hydrogens is 411 g/mol. The molecule has 1 N–H and O–H groups in total. The summed E-state index contributed by atoms with van der Waals surface area (Å²) in [4.78, 5) is 13.7. The summed E-state index contributed by atoms with van der Waals surface area (Å²) in [6.07, 6.45) is -3.84. The molecule has 0 saturated carbocycles. The Bertz CT molecular complexity index is 873. The largest absolute Gasteiger partial charge is 0.416 e. The number of ether oxygens (including phenoxy) is 1. The van der Waals surface area contributed by atoms with E-state index in [4.69, 9.17) is 12.6 Å². The van der Waals surface area contributed by atoms with Crippen LogP contribution in [0.4, 0.5) is 22.4 Å². The molecule has 1 aliphatic carbocycles. The standard InChI is InChI=1S/C22H25BF4N2O2/c1-21(2,3)28-20(30)29-11-14(12-29)31-19(16-9-8-13(23)10-18(16)24)15-6-4-5-7-17(15)22(25,26)27/h4-10,14,16,18-19H,11-12H2,1-3H3,(H,28,30). The quantitative estimate of drug-likeness (QED) is 0.557. The fraction of sp³-hybridized carbons (Fsp3) is 0.500. The number of hydrogen-bond donors (Lipinski definition) is 1. The van der Waals surface area contributed by atoms with E-state index in [1.807, 2.05) is 20.8 Å². The van der Waals surface area contributed by atoms with Crippen LogP contribution in [0.3, 0.4) is 0 Å². The number of nitrogens with zero attached hydrogens (tertiary/aromatic N) is 1. The Labute approximate surface area is 180 Å². The van der Waals surface area contributed by atoms with E-state index in [1.54, 1.807) is 0 Å². The zero-order valence-corrected chi connectivity index (χ0v) is 17.6. The van der Waals surface area contributed by atoms with Crippen LogP contribution in [0.2, 0.25) is 0 Å². The van der Waals surface area contributed by atoms with E-state index >= 15 is 0 Å². The normalized spacial score (nSPS) is 23.2. The van der Waals surface area contributed by atoms with Gasteiger partial charge in [-0.2, -0.15) is 13.2 Å². The Morgan fingerprint density at radius 1 is 1.23 bits per heavy atom. The van der Waals surface area contributed by atoms with E-state index < -0.39 is 41.6 Å². The molecule has 3 unspecified atom stereocenters. The van der Waals surface area contributed by atoms with Crippen LogP contribution in [0.25, 0.3) is 0 Å². The van der Waals surface area contributed by atoms with Gasteiger partial charge in [0.2, 0.25) is 0 Å². The first-order chi connectivity index (χ1) is 14.3. The van der Waals surface area contributed by atoms with Gasteiger partial charge in [-0.25, -0.2) is 9.18 Å². The number of rotatable bonds is 4. The summed E-state index contributed by atoms with van der Waals surface area (Å²) in [6, 6.07) is 4.73. The summed E-state index contributed by atoms with van der Waals surface area (Å²) in [6.45, 7) is 5.95. The highest BCUT2D eigenvalue weighted by atomic mass is 19.4. The van der Waals surface area contributed by atoms with Crippen LogP contribution in [-0.2, 0) is 10.9 Å². The van der Waals surface area contributed by atoms with Crippen molar-refractivity contribution in [1.82, 2.24) is 10.2 Å². The van der Waals surface area contributed by atoms with Crippen LogP contribution in [-0.4, -0.2) is 49.7 Å². The molecule has 0 bridgehead atoms. The lowest BCUT2D eigenvalue weighted by Gasteiger charge is -2.43. The van der Waals surface area contributed by atoms with Crippen LogP contribution in [0.1, 0.15) is 38.0 Å². The average molecular weight is 436 g/mol. The number of amides is 2. The third kappa shape index (κ3) is 5.70. The van der Waals surface area contributed by atoms with Crippen molar-refractivity contribution in [3.05, 3.63) is 59.1 Å². The molecule has 3 rings (SSSR count). The number of halogens is 4. The van der Waals surface area contributed by atoms with E-state index in [-0.39, 0.29) is 30.2 Å². The Balaban J connectivity index is 1.82. The second-order valence-electron chi connectivity index (χ2n) is 8.90. The Morgan fingerprint density at radius 2 is 1.87 bits per heavy atom. The van der Waals surface area contributed by atoms with Crippen molar-refractivity contribution < 1.29 is 27.1 Å². The number of urea groups is 1. The molecule has 3 atom stereocenters. The molecule has 1 heterocycles. The number of carbonyl (C=O) groups excluding carboxylic acids is 1. The van der Waals surface area contributed by atoms with Crippen molar-refractivity contribution in [1.29, 1.82) is 0 Å². The topological polar surface area (TPSA) is 41.6 Å². The fourth-order valence-corrected chi connectivity index (χ4v) is 3.62. The maximum absolute atomic E-state index is 14.8. The molecule has 1 fully saturated rings. The van der Waals surface area contributed by atoms with Gasteiger partial charge in [-0.15, -0.1) is 0 Å². The molecule has 166 valence electrons. The maximum atomic E-state index is 14.8. The lowest BCUT2D eigenvalue weighted by atomic mass is 9.80. The van der Waals surface area contributed by atoms with E-state index in [0.717, 1.165) is 6.07 Å². The fourth-order valence-electron chi connectivity index (χ4n) is 3.62. The monoisotopic (exact) mass is 436 g/mol. The smallest absolute Gasteiger partial charge is 0.366 e. The number of hydrogen-bond acceptors (Lipinski definition) is 2. The highest BCUT2D eigenvalue weighted by Gasteiger charge is 2.42. The first-order valence-electron chi connectivity index (χ1n) is 10.0. The van der Waals surface area contributed by atoms with Crippen molar-refractivity contribution in [3.63, 3.8) is 0 Å². The van der Waals surface area contributed by atoms with Crippen LogP contribution in [0.15, 0.2) is 48.0 Å². The number of alkyl halides is 4. The van der Waals surface area contributed by atoms with Gasteiger partial charge in [0.25, 0.3) is 0 Å². The molecular formula is C22H25BF4N2O2. The molecule has 1 aromatic carbocycles. The summed E-state index contributed by atoms with van der Waals surface area (Å²) in [5, 5.41) is 2.82. The van der Waals surface area contributed by atoms with Gasteiger partial charge in [0.15, 0.2) is 0 Å². The van der Waals surface area contributed by atoms with Crippen molar-refractivity contribution in [2.75, 3.05) is 13.1 Å². The summed E-state index contributed by atoms with van der Waals surface area (Å²) >= 11 is 0. The molecule has 1 aromatic rings. The lowest BCUT2D eigenvalue weighted by molar-refractivity contribution is -0.143. The van der Waals surface area contributed by atoms with E-state index in [2.05, 4.69) is 5.32 Å². The van der Waals surface area contributed by atoms with Crippen molar-refractivity contribution in [3.8, 4) is 0 Å². The minimum atomic E-state index is -4.62. The summed E-state index contributed by atoms with van der Waals surface area (Å²) in [5.41, 5.74) is -1.22. The maximum Gasteiger partial charge on any atom is 0.416 e. The van der Waals surface area contributed by atoms with E-state index in [9.17, 15) is 22.4 Å². The Kier molecular flexibility index (Phi) is 6.55. The Hall–Kier alpha value is -2.29. The van der Waals surface area contributed by atoms with Gasteiger partial charge in [-0.1, -0.05) is 41.9 Å². The van der Waals surface area contributed by atoms with Crippen molar-refractivity contribution in [2.45, 2.75) is 50.9 Å². The van der Waals surface area contributed by atoms with Crippen LogP contribution in [0.5, 0.6) is 0 Å². The summed E-state index contributed by atoms with van der Waals surface area (Å²) < 4.78 is 61.7. The average Bonchev–Trinajstić information content (AvgIpc) is 2.59. The third-order valence-corrected chi connectivity index (χ3v) is 5.11. The van der Waals surface area contributed by atoms with Gasteiger partial charge < -0.3 is 15.0 Å². The van der Waals surface area contributed by atoms with Gasteiger partial charge in [0.05, 0.1) is 30.9 Å². The highest BCUT2D eigenvalue weighted by molar-refractivity contribution is 6.23. The number of benzene rings is 1. The molecule has 0 spiro atoms. The second kappa shape index (κ2) is 8.69. The second-order valence-corrected chi connectivity index (χ2v) is 8.90. The van der Waals surface area contributed by atoms with Crippen molar-refractivity contribution >= 4 is 13.9 Å². The summed E-state index contributed by atoms with van der Waals surface area (Å²) in [5.74, 6) is -0.978. The highest BCUT2D eigenvalue weighted by Crippen LogP contribution is 2.42. The van der Waals surface area contributed by atoms with Gasteiger partial charge >= 0.3 is 12.2 Å². The first-order valence-corrected chi connectivity index (χ1v) is 10.0. The van der Waals surface area contributed by atoms with E-state index in [1.165, 1.54) is 41.3 Å². The number of nitrogens with one attached hydrogen (secondary N) is 1. The molecule has 2 amide bonds. The zero-order chi connectivity index (χ0) is 23.0. The van der Waals surface area contributed by atoms with Crippen LogP contribution in [0, 0.1) is 5.92 Å². The molecule has 4 nitrogen and oxygen atoms in total. The number of allylic oxidation sites excluding steroid dienone is 3. The number of carbonyl (C=O) groups is 1. The summed E-state index contributed by atoms with van der Waals surface area (Å²) in [7, 11) is 5.63. The molecule has 31 heavy (non-hydrogen) atoms. The van der Waals surface area contributed by atoms with Crippen LogP contribution < -0.4 is 5.32 Å². The molecule has 2 aliphatic rings. The SMILES string of the molecule is [B]C1=CC(F)C(C(OC2CN(C(=O)NC(C)(C)C)C2)c2ccccc2C(F)(F)F)C=C1. The third-order valence-electron chi connectivity index (χ3n) is 5.11. The van der Waals surface area contributed by atoms with E-state index in [0.29, 0.717) is 0 Å². The molecule has 1 saturated heterocycles. The first kappa shape index (κ1) is 23.4. The van der Waals surface area contributed by atoms with Crippen molar-refractivity contribution in [2.24, 2.45) is 5.92 Å². The zero-order valence-electron chi connectivity index (χ0n) is 17.6. The van der Waals surface area contributed by atoms with Gasteiger partial charge in [0.1, 0.15) is 14.0 Å². The van der Waals surface area contributed by atoms with Gasteiger partial charge in [0, 0.05) is 11.5 Å². The predicted molar refractivity (Wildman–Crippen MR) is 110 cm³/mol. The minimum Gasteiger partial charge on any atom is -0.366 e. The molecule has 9 heteroatoms. The molecule has 0 aromatic heterocycles.